The van der Waals surface area contributed by atoms with E-state index in [1.165, 1.54) is 23.5 Å². The summed E-state index contributed by atoms with van der Waals surface area (Å²) < 4.78 is 40.8. The van der Waals surface area contributed by atoms with Crippen molar-refractivity contribution in [2.45, 2.75) is 38.6 Å². The van der Waals surface area contributed by atoms with Crippen molar-refractivity contribution in [3.05, 3.63) is 46.3 Å². The van der Waals surface area contributed by atoms with Gasteiger partial charge in [-0.1, -0.05) is 6.92 Å². The number of halogens is 3. The molecule has 1 aromatic carbocycles. The van der Waals surface area contributed by atoms with Crippen LogP contribution >= 0.6 is 11.3 Å². The standard InChI is InChI=1S/C21H21F3N2O5S/c1-2-14-10-15(18(28)12-5-7-13(8-6-12)31-21(22,23)24)19(32-14)25-17(27)11-26-9-3-4-16(26)20(29)30/h5-8,10,16H,2-4,9,11H2,1H3,(H,25,27)(H,29,30)/t16-/m1/s1. The van der Waals surface area contributed by atoms with E-state index in [0.29, 0.717) is 30.8 Å². The number of hydrogen-bond donors (Lipinski definition) is 2. The molecule has 0 aliphatic carbocycles. The highest BCUT2D eigenvalue weighted by Gasteiger charge is 2.32. The molecule has 2 N–H and O–H groups in total. The predicted molar refractivity (Wildman–Crippen MR) is 111 cm³/mol. The fraction of sp³-hybridized carbons (Fsp3) is 0.381. The Morgan fingerprint density at radius 2 is 1.94 bits per heavy atom. The second-order valence-corrected chi connectivity index (χ2v) is 8.36. The van der Waals surface area contributed by atoms with Gasteiger partial charge in [0.05, 0.1) is 12.1 Å². The number of carbonyl (C=O) groups excluding carboxylic acids is 2. The number of nitrogens with one attached hydrogen (secondary N) is 1. The first-order valence-corrected chi connectivity index (χ1v) is 10.7. The molecule has 32 heavy (non-hydrogen) atoms. The molecule has 3 rings (SSSR count). The Labute approximate surface area is 185 Å². The molecule has 1 amide bonds. The molecule has 0 saturated carbocycles. The number of alkyl halides is 3. The van der Waals surface area contributed by atoms with Gasteiger partial charge in [-0.05, 0) is 56.1 Å². The molecule has 7 nitrogen and oxygen atoms in total. The number of ketones is 1. The molecule has 1 atom stereocenters. The summed E-state index contributed by atoms with van der Waals surface area (Å²) in [7, 11) is 0. The highest BCUT2D eigenvalue weighted by atomic mass is 32.1. The van der Waals surface area contributed by atoms with Crippen LogP contribution in [-0.4, -0.2) is 53.2 Å². The van der Waals surface area contributed by atoms with Crippen LogP contribution in [-0.2, 0) is 16.0 Å². The van der Waals surface area contributed by atoms with E-state index in [-0.39, 0.29) is 17.7 Å². The zero-order valence-electron chi connectivity index (χ0n) is 17.1. The fourth-order valence-electron chi connectivity index (χ4n) is 3.49. The average Bonchev–Trinajstić information content (AvgIpc) is 3.33. The molecular weight excluding hydrogens is 449 g/mol. The van der Waals surface area contributed by atoms with Gasteiger partial charge in [0, 0.05) is 10.4 Å². The maximum Gasteiger partial charge on any atom is 0.573 e. The largest absolute Gasteiger partial charge is 0.573 e. The van der Waals surface area contributed by atoms with E-state index in [1.54, 1.807) is 11.0 Å². The Morgan fingerprint density at radius 3 is 2.53 bits per heavy atom. The molecule has 2 aromatic rings. The minimum atomic E-state index is -4.83. The maximum absolute atomic E-state index is 13.0. The van der Waals surface area contributed by atoms with Crippen molar-refractivity contribution < 1.29 is 37.4 Å². The second kappa shape index (κ2) is 9.70. The summed E-state index contributed by atoms with van der Waals surface area (Å²) in [6, 6.07) is 5.46. The van der Waals surface area contributed by atoms with Crippen LogP contribution in [0.5, 0.6) is 5.75 Å². The summed E-state index contributed by atoms with van der Waals surface area (Å²) in [5.41, 5.74) is 0.363. The number of nitrogens with zero attached hydrogens (tertiary/aromatic N) is 1. The van der Waals surface area contributed by atoms with Crippen molar-refractivity contribution in [1.29, 1.82) is 0 Å². The molecule has 11 heteroatoms. The highest BCUT2D eigenvalue weighted by Crippen LogP contribution is 2.31. The third-order valence-electron chi connectivity index (χ3n) is 4.97. The molecule has 1 aliphatic heterocycles. The van der Waals surface area contributed by atoms with Crippen LogP contribution in [0.1, 0.15) is 40.6 Å². The van der Waals surface area contributed by atoms with Crippen LogP contribution in [0, 0.1) is 0 Å². The van der Waals surface area contributed by atoms with E-state index in [1.807, 2.05) is 6.92 Å². The second-order valence-electron chi connectivity index (χ2n) is 7.23. The first-order chi connectivity index (χ1) is 15.1. The van der Waals surface area contributed by atoms with E-state index < -0.39 is 35.8 Å². The van der Waals surface area contributed by atoms with Crippen molar-refractivity contribution in [3.8, 4) is 5.75 Å². The summed E-state index contributed by atoms with van der Waals surface area (Å²) in [6.45, 7) is 2.26. The summed E-state index contributed by atoms with van der Waals surface area (Å²) in [5.74, 6) is -2.32. The lowest BCUT2D eigenvalue weighted by molar-refractivity contribution is -0.274. The topological polar surface area (TPSA) is 95.9 Å². The monoisotopic (exact) mass is 470 g/mol. The molecule has 0 bridgehead atoms. The van der Waals surface area contributed by atoms with Gasteiger partial charge in [0.25, 0.3) is 0 Å². The van der Waals surface area contributed by atoms with Crippen molar-refractivity contribution in [2.75, 3.05) is 18.4 Å². The maximum atomic E-state index is 13.0. The number of anilines is 1. The summed E-state index contributed by atoms with van der Waals surface area (Å²) in [5, 5.41) is 12.3. The fourth-order valence-corrected chi connectivity index (χ4v) is 4.50. The zero-order chi connectivity index (χ0) is 23.5. The van der Waals surface area contributed by atoms with E-state index >= 15 is 0 Å². The van der Waals surface area contributed by atoms with Crippen LogP contribution < -0.4 is 10.1 Å². The number of carboxylic acid groups (broad SMARTS) is 1. The number of ether oxygens (including phenoxy) is 1. The van der Waals surface area contributed by atoms with Crippen molar-refractivity contribution in [2.24, 2.45) is 0 Å². The van der Waals surface area contributed by atoms with Crippen molar-refractivity contribution >= 4 is 34.0 Å². The smallest absolute Gasteiger partial charge is 0.480 e. The number of thiophene rings is 1. The Hall–Kier alpha value is -2.92. The van der Waals surface area contributed by atoms with E-state index in [2.05, 4.69) is 10.1 Å². The number of likely N-dealkylation sites (tertiary alicyclic amines) is 1. The van der Waals surface area contributed by atoms with Gasteiger partial charge in [0.15, 0.2) is 5.78 Å². The Kier molecular flexibility index (Phi) is 7.19. The van der Waals surface area contributed by atoms with E-state index in [9.17, 15) is 32.7 Å². The minimum absolute atomic E-state index is 0.118. The number of aliphatic carboxylic acids is 1. The van der Waals surface area contributed by atoms with Gasteiger partial charge in [-0.2, -0.15) is 0 Å². The third-order valence-corrected chi connectivity index (χ3v) is 6.17. The molecule has 2 heterocycles. The highest BCUT2D eigenvalue weighted by molar-refractivity contribution is 7.16. The summed E-state index contributed by atoms with van der Waals surface area (Å²) in [6.07, 6.45) is -3.06. The Bertz CT molecular complexity index is 1000. The van der Waals surface area contributed by atoms with Gasteiger partial charge >= 0.3 is 12.3 Å². The quantitative estimate of drug-likeness (QED) is 0.568. The number of carbonyl (C=O) groups is 3. The minimum Gasteiger partial charge on any atom is -0.480 e. The first kappa shape index (κ1) is 23.7. The number of hydrogen-bond acceptors (Lipinski definition) is 6. The lowest BCUT2D eigenvalue weighted by Gasteiger charge is -2.20. The molecule has 1 aromatic heterocycles. The lowest BCUT2D eigenvalue weighted by Crippen LogP contribution is -2.40. The van der Waals surface area contributed by atoms with Gasteiger partial charge in [-0.15, -0.1) is 24.5 Å². The molecule has 1 aliphatic rings. The normalized spacial score (nSPS) is 16.7. The zero-order valence-corrected chi connectivity index (χ0v) is 17.9. The summed E-state index contributed by atoms with van der Waals surface area (Å²) >= 11 is 1.23. The van der Waals surface area contributed by atoms with Crippen molar-refractivity contribution in [3.63, 3.8) is 0 Å². The summed E-state index contributed by atoms with van der Waals surface area (Å²) in [4.78, 5) is 39.2. The lowest BCUT2D eigenvalue weighted by atomic mass is 10.0. The molecular formula is C21H21F3N2O5S. The number of amides is 1. The van der Waals surface area contributed by atoms with Crippen LogP contribution in [0.15, 0.2) is 30.3 Å². The SMILES string of the molecule is CCc1cc(C(=O)c2ccc(OC(F)(F)F)cc2)c(NC(=O)CN2CCC[C@@H]2C(=O)O)s1. The van der Waals surface area contributed by atoms with Gasteiger partial charge in [-0.3, -0.25) is 19.3 Å². The van der Waals surface area contributed by atoms with Gasteiger partial charge in [0.1, 0.15) is 16.8 Å². The predicted octanol–water partition coefficient (Wildman–Crippen LogP) is 3.93. The van der Waals surface area contributed by atoms with Crippen LogP contribution in [0.3, 0.4) is 0 Å². The molecule has 0 spiro atoms. The first-order valence-electron chi connectivity index (χ1n) is 9.87. The van der Waals surface area contributed by atoms with Gasteiger partial charge in [-0.25, -0.2) is 0 Å². The Balaban J connectivity index is 1.75. The molecule has 0 unspecified atom stereocenters. The number of rotatable bonds is 8. The van der Waals surface area contributed by atoms with Crippen LogP contribution in [0.2, 0.25) is 0 Å². The molecule has 0 radical (unpaired) electrons. The molecule has 1 fully saturated rings. The van der Waals surface area contributed by atoms with Crippen LogP contribution in [0.4, 0.5) is 18.2 Å². The number of carboxylic acids is 1. The molecule has 172 valence electrons. The Morgan fingerprint density at radius 1 is 1.25 bits per heavy atom. The van der Waals surface area contributed by atoms with E-state index in [4.69, 9.17) is 0 Å². The van der Waals surface area contributed by atoms with Gasteiger partial charge < -0.3 is 15.2 Å². The van der Waals surface area contributed by atoms with Crippen LogP contribution in [0.25, 0.3) is 0 Å². The number of benzene rings is 1. The van der Waals surface area contributed by atoms with E-state index in [0.717, 1.165) is 17.0 Å². The van der Waals surface area contributed by atoms with Crippen molar-refractivity contribution in [1.82, 2.24) is 4.90 Å². The third kappa shape index (κ3) is 5.86. The van der Waals surface area contributed by atoms with Gasteiger partial charge in [0.2, 0.25) is 5.91 Å². The molecule has 1 saturated heterocycles. The average molecular weight is 470 g/mol. The number of aryl methyl sites for hydroxylation is 1.